The lowest BCUT2D eigenvalue weighted by atomic mass is 9.57. The lowest BCUT2D eigenvalue weighted by Gasteiger charge is -2.50. The number of dihydropyridines is 1. The average Bonchev–Trinajstić information content (AvgIpc) is 3.22. The summed E-state index contributed by atoms with van der Waals surface area (Å²) in [6.07, 6.45) is 18.4. The van der Waals surface area contributed by atoms with Crippen LogP contribution in [0, 0.1) is 29.6 Å². The van der Waals surface area contributed by atoms with Gasteiger partial charge in [-0.15, -0.1) is 0 Å². The third kappa shape index (κ3) is 3.10. The van der Waals surface area contributed by atoms with Gasteiger partial charge >= 0.3 is 0 Å². The fraction of sp³-hybridized carbons (Fsp3) is 0.700. The van der Waals surface area contributed by atoms with Gasteiger partial charge in [0.2, 0.25) is 0 Å². The molecule has 8 atom stereocenters. The van der Waals surface area contributed by atoms with E-state index < -0.39 is 0 Å². The molecule has 0 N–H and O–H groups in total. The van der Waals surface area contributed by atoms with Crippen molar-refractivity contribution in [2.45, 2.75) is 100 Å². The Balaban J connectivity index is 1.39. The standard InChI is InChI=1S/C30H38BrN/c31-26-15-14-24(22-11-5-6-12-23(22)26)28-25-17-19-8-2-4-10-21(19)30(25)32-27-16-13-18-7-1-3-9-20(18)29(27)28/h5-6,11-12,18-21,24,26-27,29H,1-4,7-10,13-17H2. The molecule has 0 saturated heterocycles. The monoisotopic (exact) mass is 491 g/mol. The van der Waals surface area contributed by atoms with Gasteiger partial charge in [-0.3, -0.25) is 4.99 Å². The first-order chi connectivity index (χ1) is 15.8. The Morgan fingerprint density at radius 2 is 1.53 bits per heavy atom. The lowest BCUT2D eigenvalue weighted by Crippen LogP contribution is -2.44. The Morgan fingerprint density at radius 3 is 2.44 bits per heavy atom. The van der Waals surface area contributed by atoms with Gasteiger partial charge in [-0.1, -0.05) is 77.9 Å². The van der Waals surface area contributed by atoms with Crippen LogP contribution in [-0.2, 0) is 0 Å². The second kappa shape index (κ2) is 8.10. The fourth-order valence-corrected chi connectivity index (χ4v) is 9.91. The second-order valence-electron chi connectivity index (χ2n) is 11.9. The van der Waals surface area contributed by atoms with Crippen molar-refractivity contribution in [2.24, 2.45) is 34.6 Å². The predicted molar refractivity (Wildman–Crippen MR) is 137 cm³/mol. The zero-order valence-electron chi connectivity index (χ0n) is 19.4. The van der Waals surface area contributed by atoms with Crippen LogP contribution in [0.25, 0.3) is 0 Å². The van der Waals surface area contributed by atoms with Gasteiger partial charge in [0.15, 0.2) is 0 Å². The SMILES string of the molecule is BrC1CCC(C2=C3CC4CCCCC4C3=NC3CCC4CCCCC4C23)c2ccccc21. The molecule has 1 aromatic carbocycles. The topological polar surface area (TPSA) is 12.4 Å². The normalized spacial score (nSPS) is 42.8. The highest BCUT2D eigenvalue weighted by Gasteiger charge is 2.51. The first-order valence-electron chi connectivity index (χ1n) is 13.8. The zero-order chi connectivity index (χ0) is 21.2. The van der Waals surface area contributed by atoms with Crippen LogP contribution in [0.5, 0.6) is 0 Å². The molecule has 32 heavy (non-hydrogen) atoms. The number of benzene rings is 1. The summed E-state index contributed by atoms with van der Waals surface area (Å²) in [5, 5.41) is 0. The van der Waals surface area contributed by atoms with Gasteiger partial charge in [-0.25, -0.2) is 0 Å². The maximum atomic E-state index is 5.71. The van der Waals surface area contributed by atoms with E-state index in [9.17, 15) is 0 Å². The first-order valence-corrected chi connectivity index (χ1v) is 14.7. The van der Waals surface area contributed by atoms with Crippen LogP contribution >= 0.6 is 15.9 Å². The Kier molecular flexibility index (Phi) is 5.19. The number of alkyl halides is 1. The van der Waals surface area contributed by atoms with E-state index in [4.69, 9.17) is 4.99 Å². The van der Waals surface area contributed by atoms with Gasteiger partial charge in [0, 0.05) is 28.3 Å². The summed E-state index contributed by atoms with van der Waals surface area (Å²) in [4.78, 5) is 6.24. The molecule has 1 heterocycles. The van der Waals surface area contributed by atoms with E-state index >= 15 is 0 Å². The molecule has 8 unspecified atom stereocenters. The van der Waals surface area contributed by atoms with Crippen molar-refractivity contribution in [3.05, 3.63) is 46.5 Å². The highest BCUT2D eigenvalue weighted by molar-refractivity contribution is 9.09. The fourth-order valence-electron chi connectivity index (χ4n) is 9.22. The van der Waals surface area contributed by atoms with E-state index in [1.807, 2.05) is 5.57 Å². The Morgan fingerprint density at radius 1 is 0.750 bits per heavy atom. The molecular formula is C30H38BrN. The molecule has 4 fully saturated rings. The Bertz CT molecular complexity index is 959. The van der Waals surface area contributed by atoms with Gasteiger partial charge in [0.05, 0.1) is 6.04 Å². The summed E-state index contributed by atoms with van der Waals surface area (Å²) < 4.78 is 0. The summed E-state index contributed by atoms with van der Waals surface area (Å²) in [5.74, 6) is 4.97. The number of allylic oxidation sites excluding steroid dienone is 1. The van der Waals surface area contributed by atoms with E-state index in [2.05, 4.69) is 40.2 Å². The third-order valence-corrected chi connectivity index (χ3v) is 11.5. The number of hydrogen-bond donors (Lipinski definition) is 0. The van der Waals surface area contributed by atoms with Crippen LogP contribution in [0.3, 0.4) is 0 Å². The number of hydrogen-bond acceptors (Lipinski definition) is 1. The largest absolute Gasteiger partial charge is 0.285 e. The Hall–Kier alpha value is -0.890. The number of halogens is 1. The molecule has 1 nitrogen and oxygen atoms in total. The molecule has 1 aliphatic heterocycles. The smallest absolute Gasteiger partial charge is 0.0571 e. The maximum absolute atomic E-state index is 5.71. The van der Waals surface area contributed by atoms with E-state index in [1.165, 1.54) is 83.5 Å². The number of nitrogens with zero attached hydrogens (tertiary/aromatic N) is 1. The average molecular weight is 493 g/mol. The van der Waals surface area contributed by atoms with Gasteiger partial charge in [0.25, 0.3) is 0 Å². The molecule has 0 bridgehead atoms. The van der Waals surface area contributed by atoms with Gasteiger partial charge in [-0.2, -0.15) is 0 Å². The number of fused-ring (bicyclic) bond motifs is 7. The predicted octanol–water partition coefficient (Wildman–Crippen LogP) is 8.55. The van der Waals surface area contributed by atoms with E-state index in [0.29, 0.717) is 16.8 Å². The molecule has 0 spiro atoms. The maximum Gasteiger partial charge on any atom is 0.0571 e. The van der Waals surface area contributed by atoms with E-state index in [-0.39, 0.29) is 0 Å². The number of rotatable bonds is 1. The highest BCUT2D eigenvalue weighted by atomic mass is 79.9. The molecule has 1 aromatic rings. The molecule has 6 aliphatic rings. The molecule has 0 aromatic heterocycles. The van der Waals surface area contributed by atoms with Crippen LogP contribution in [0.2, 0.25) is 0 Å². The molecule has 2 heteroatoms. The van der Waals surface area contributed by atoms with Crippen molar-refractivity contribution in [1.29, 1.82) is 0 Å². The molecule has 170 valence electrons. The van der Waals surface area contributed by atoms with Crippen molar-refractivity contribution in [2.75, 3.05) is 0 Å². The zero-order valence-corrected chi connectivity index (χ0v) is 21.0. The summed E-state index contributed by atoms with van der Waals surface area (Å²) in [6, 6.07) is 10.0. The van der Waals surface area contributed by atoms with E-state index in [1.54, 1.807) is 22.4 Å². The molecule has 0 amide bonds. The van der Waals surface area contributed by atoms with Crippen LogP contribution in [0.1, 0.15) is 105 Å². The van der Waals surface area contributed by atoms with Gasteiger partial charge in [0.1, 0.15) is 0 Å². The molecule has 0 radical (unpaired) electrons. The summed E-state index contributed by atoms with van der Waals surface area (Å²) in [5.41, 5.74) is 8.57. The first kappa shape index (κ1) is 20.5. The van der Waals surface area contributed by atoms with Crippen LogP contribution in [0.4, 0.5) is 0 Å². The second-order valence-corrected chi connectivity index (χ2v) is 13.0. The third-order valence-electron chi connectivity index (χ3n) is 10.5. The summed E-state index contributed by atoms with van der Waals surface area (Å²) >= 11 is 4.03. The van der Waals surface area contributed by atoms with Crippen LogP contribution in [-0.4, -0.2) is 11.8 Å². The minimum Gasteiger partial charge on any atom is -0.285 e. The molecular weight excluding hydrogens is 454 g/mol. The van der Waals surface area contributed by atoms with E-state index in [0.717, 1.165) is 29.6 Å². The van der Waals surface area contributed by atoms with Crippen LogP contribution in [0.15, 0.2) is 40.4 Å². The van der Waals surface area contributed by atoms with Crippen molar-refractivity contribution >= 4 is 21.6 Å². The highest BCUT2D eigenvalue weighted by Crippen LogP contribution is 2.59. The van der Waals surface area contributed by atoms with Crippen molar-refractivity contribution in [1.82, 2.24) is 0 Å². The minimum absolute atomic E-state index is 0.535. The molecule has 7 rings (SSSR count). The Labute approximate surface area is 202 Å². The molecule has 5 aliphatic carbocycles. The lowest BCUT2D eigenvalue weighted by molar-refractivity contribution is 0.101. The number of aliphatic imine (C=N–C) groups is 1. The van der Waals surface area contributed by atoms with Crippen molar-refractivity contribution in [3.63, 3.8) is 0 Å². The van der Waals surface area contributed by atoms with Gasteiger partial charge < -0.3 is 0 Å². The quantitative estimate of drug-likeness (QED) is 0.348. The van der Waals surface area contributed by atoms with Gasteiger partial charge in [-0.05, 0) is 85.8 Å². The molecule has 4 saturated carbocycles. The summed E-state index contributed by atoms with van der Waals surface area (Å²) in [7, 11) is 0. The van der Waals surface area contributed by atoms with Crippen molar-refractivity contribution in [3.8, 4) is 0 Å². The van der Waals surface area contributed by atoms with Crippen LogP contribution < -0.4 is 0 Å². The summed E-state index contributed by atoms with van der Waals surface area (Å²) in [6.45, 7) is 0. The minimum atomic E-state index is 0.535. The van der Waals surface area contributed by atoms with Crippen molar-refractivity contribution < 1.29 is 0 Å².